The second-order valence-electron chi connectivity index (χ2n) is 7.57. The van der Waals surface area contributed by atoms with Crippen LogP contribution in [0.25, 0.3) is 0 Å². The standard InChI is InChI=1S/C22H46O8S.Na/c1-2-3-4-5-6-7-8-9-14-26-15-10-16-27-17-11-18-28-19-12-20-29-21-13-22-30-31(23,24)25;/h2-22H2,1H3,(H,23,24,25);/q;+1/p-1. The maximum absolute atomic E-state index is 10.2. The maximum atomic E-state index is 10.2. The molecule has 0 N–H and O–H groups in total. The zero-order valence-corrected chi connectivity index (χ0v) is 23.3. The first-order chi connectivity index (χ1) is 15.1. The Morgan fingerprint density at radius 1 is 0.500 bits per heavy atom. The van der Waals surface area contributed by atoms with E-state index in [4.69, 9.17) is 18.9 Å². The largest absolute Gasteiger partial charge is 1.00 e. The summed E-state index contributed by atoms with van der Waals surface area (Å²) in [5.74, 6) is 0. The fraction of sp³-hybridized carbons (Fsp3) is 1.00. The van der Waals surface area contributed by atoms with Crippen LogP contribution in [0.15, 0.2) is 0 Å². The topological polar surface area (TPSA) is 103 Å². The Morgan fingerprint density at radius 3 is 1.19 bits per heavy atom. The molecule has 0 aliphatic heterocycles. The molecule has 0 aromatic heterocycles. The Morgan fingerprint density at radius 2 is 0.812 bits per heavy atom. The molecule has 0 radical (unpaired) electrons. The van der Waals surface area contributed by atoms with Crippen molar-refractivity contribution >= 4 is 10.4 Å². The van der Waals surface area contributed by atoms with E-state index in [0.717, 1.165) is 45.5 Å². The van der Waals surface area contributed by atoms with Crippen molar-refractivity contribution in [3.8, 4) is 0 Å². The van der Waals surface area contributed by atoms with Gasteiger partial charge in [0.1, 0.15) is 0 Å². The van der Waals surface area contributed by atoms with Crippen LogP contribution in [0.3, 0.4) is 0 Å². The van der Waals surface area contributed by atoms with Gasteiger partial charge in [0.05, 0.1) is 6.61 Å². The van der Waals surface area contributed by atoms with E-state index in [1.54, 1.807) is 0 Å². The Balaban J connectivity index is 0. The maximum Gasteiger partial charge on any atom is 1.00 e. The van der Waals surface area contributed by atoms with Crippen molar-refractivity contribution in [1.29, 1.82) is 0 Å². The fourth-order valence-electron chi connectivity index (χ4n) is 2.86. The molecule has 188 valence electrons. The molecule has 0 aliphatic carbocycles. The van der Waals surface area contributed by atoms with Crippen molar-refractivity contribution in [2.24, 2.45) is 0 Å². The van der Waals surface area contributed by atoms with Crippen molar-refractivity contribution in [2.75, 3.05) is 59.5 Å². The van der Waals surface area contributed by atoms with Crippen LogP contribution in [0.1, 0.15) is 84.0 Å². The van der Waals surface area contributed by atoms with Crippen molar-refractivity contribution in [1.82, 2.24) is 0 Å². The van der Waals surface area contributed by atoms with Gasteiger partial charge in [0, 0.05) is 52.9 Å². The number of rotatable bonds is 26. The summed E-state index contributed by atoms with van der Waals surface area (Å²) < 4.78 is 56.7. The van der Waals surface area contributed by atoms with Gasteiger partial charge in [-0.1, -0.05) is 51.9 Å². The van der Waals surface area contributed by atoms with Gasteiger partial charge < -0.3 is 23.5 Å². The molecule has 32 heavy (non-hydrogen) atoms. The van der Waals surface area contributed by atoms with Crippen molar-refractivity contribution in [3.05, 3.63) is 0 Å². The van der Waals surface area contributed by atoms with E-state index in [1.807, 2.05) is 0 Å². The molecule has 10 heteroatoms. The molecule has 0 heterocycles. The summed E-state index contributed by atoms with van der Waals surface area (Å²) in [6.45, 7) is 7.30. The van der Waals surface area contributed by atoms with E-state index in [0.29, 0.717) is 39.5 Å². The first-order valence-corrected chi connectivity index (χ1v) is 13.3. The van der Waals surface area contributed by atoms with Crippen LogP contribution < -0.4 is 29.6 Å². The van der Waals surface area contributed by atoms with Gasteiger partial charge in [0.2, 0.25) is 10.4 Å². The second-order valence-corrected chi connectivity index (χ2v) is 8.62. The first-order valence-electron chi connectivity index (χ1n) is 12.0. The average molecular weight is 493 g/mol. The van der Waals surface area contributed by atoms with Gasteiger partial charge >= 0.3 is 29.6 Å². The van der Waals surface area contributed by atoms with E-state index in [9.17, 15) is 13.0 Å². The summed E-state index contributed by atoms with van der Waals surface area (Å²) in [5.41, 5.74) is 0. The Labute approximate surface area is 218 Å². The minimum atomic E-state index is -4.59. The summed E-state index contributed by atoms with van der Waals surface area (Å²) in [6.07, 6.45) is 13.5. The van der Waals surface area contributed by atoms with E-state index in [1.165, 1.54) is 44.9 Å². The van der Waals surface area contributed by atoms with E-state index in [-0.39, 0.29) is 36.2 Å². The third kappa shape index (κ3) is 32.9. The Kier molecular flexibility index (Phi) is 30.5. The molecule has 0 unspecified atom stereocenters. The zero-order valence-electron chi connectivity index (χ0n) is 20.5. The molecule has 0 aromatic rings. The molecule has 0 saturated carbocycles. The molecule has 0 spiro atoms. The predicted molar refractivity (Wildman–Crippen MR) is 120 cm³/mol. The summed E-state index contributed by atoms with van der Waals surface area (Å²) in [4.78, 5) is 0. The van der Waals surface area contributed by atoms with Crippen LogP contribution in [0.2, 0.25) is 0 Å². The first kappa shape index (κ1) is 34.9. The zero-order chi connectivity index (χ0) is 22.9. The van der Waals surface area contributed by atoms with Gasteiger partial charge in [-0.2, -0.15) is 0 Å². The molecule has 8 nitrogen and oxygen atoms in total. The third-order valence-corrected chi connectivity index (χ3v) is 4.99. The molecule has 0 aliphatic rings. The molecule has 0 bridgehead atoms. The van der Waals surface area contributed by atoms with Crippen LogP contribution in [-0.4, -0.2) is 72.4 Å². The molecule has 0 saturated heterocycles. The molecule has 0 rings (SSSR count). The quantitative estimate of drug-likeness (QED) is 0.0769. The number of unbranched alkanes of at least 4 members (excludes halogenated alkanes) is 7. The van der Waals surface area contributed by atoms with Crippen LogP contribution in [0, 0.1) is 0 Å². The van der Waals surface area contributed by atoms with Gasteiger partial charge in [-0.25, -0.2) is 8.42 Å². The molecule has 0 fully saturated rings. The monoisotopic (exact) mass is 492 g/mol. The van der Waals surface area contributed by atoms with Crippen LogP contribution in [0.4, 0.5) is 0 Å². The van der Waals surface area contributed by atoms with Crippen LogP contribution in [-0.2, 0) is 33.5 Å². The fourth-order valence-corrected chi connectivity index (χ4v) is 3.18. The van der Waals surface area contributed by atoms with Crippen molar-refractivity contribution in [3.63, 3.8) is 0 Å². The predicted octanol–water partition coefficient (Wildman–Crippen LogP) is 1.23. The minimum Gasteiger partial charge on any atom is -0.726 e. The minimum absolute atomic E-state index is 0. The number of hydrogen-bond acceptors (Lipinski definition) is 8. The van der Waals surface area contributed by atoms with Crippen molar-refractivity contribution in [2.45, 2.75) is 84.0 Å². The average Bonchev–Trinajstić information content (AvgIpc) is 2.73. The molecular formula is C22H45NaO8S. The second kappa shape index (κ2) is 28.0. The number of hydrogen-bond donors (Lipinski definition) is 0. The van der Waals surface area contributed by atoms with Gasteiger partial charge in [0.25, 0.3) is 0 Å². The van der Waals surface area contributed by atoms with Gasteiger partial charge in [-0.3, -0.25) is 4.18 Å². The van der Waals surface area contributed by atoms with E-state index >= 15 is 0 Å². The Bertz CT molecular complexity index is 451. The van der Waals surface area contributed by atoms with E-state index in [2.05, 4.69) is 11.1 Å². The molecule has 0 aromatic carbocycles. The molecule has 0 atom stereocenters. The molecule has 0 amide bonds. The molecular weight excluding hydrogens is 447 g/mol. The smallest absolute Gasteiger partial charge is 0.726 e. The van der Waals surface area contributed by atoms with E-state index < -0.39 is 10.4 Å². The van der Waals surface area contributed by atoms with Crippen LogP contribution in [0.5, 0.6) is 0 Å². The summed E-state index contributed by atoms with van der Waals surface area (Å²) in [6, 6.07) is 0. The van der Waals surface area contributed by atoms with Crippen LogP contribution >= 0.6 is 0 Å². The number of ether oxygens (including phenoxy) is 4. The van der Waals surface area contributed by atoms with Gasteiger partial charge in [-0.05, 0) is 32.1 Å². The van der Waals surface area contributed by atoms with Gasteiger partial charge in [-0.15, -0.1) is 0 Å². The Hall–Kier alpha value is 0.710. The normalized spacial score (nSPS) is 11.6. The van der Waals surface area contributed by atoms with Gasteiger partial charge in [0.15, 0.2) is 0 Å². The summed E-state index contributed by atoms with van der Waals surface area (Å²) >= 11 is 0. The SMILES string of the molecule is CCCCCCCCCCOCCCOCCCOCCCOCCCOS(=O)(=O)[O-].[Na+]. The van der Waals surface area contributed by atoms with Crippen molar-refractivity contribution < 1.29 is 65.7 Å². The summed E-state index contributed by atoms with van der Waals surface area (Å²) in [5, 5.41) is 0. The third-order valence-electron chi connectivity index (χ3n) is 4.53. The summed E-state index contributed by atoms with van der Waals surface area (Å²) in [7, 11) is -4.59.